The summed E-state index contributed by atoms with van der Waals surface area (Å²) in [6, 6.07) is 0. The molecule has 10 heavy (non-hydrogen) atoms. The second-order valence-corrected chi connectivity index (χ2v) is 2.99. The Hall–Kier alpha value is -0.460. The first-order chi connectivity index (χ1) is 4.66. The largest absolute Gasteiger partial charge is 0.498 e. The molecule has 0 aliphatic carbocycles. The lowest BCUT2D eigenvalue weighted by Crippen LogP contribution is -2.00. The first-order valence-electron chi connectivity index (χ1n) is 3.97. The summed E-state index contributed by atoms with van der Waals surface area (Å²) in [6.07, 6.45) is 2.11. The summed E-state index contributed by atoms with van der Waals surface area (Å²) in [5.41, 5.74) is 0. The van der Waals surface area contributed by atoms with E-state index in [2.05, 4.69) is 27.4 Å². The van der Waals surface area contributed by atoms with Gasteiger partial charge in [0, 0.05) is 6.42 Å². The summed E-state index contributed by atoms with van der Waals surface area (Å²) in [6.45, 7) is 11.0. The van der Waals surface area contributed by atoms with Crippen LogP contribution in [0.25, 0.3) is 0 Å². The van der Waals surface area contributed by atoms with Crippen LogP contribution in [0.4, 0.5) is 0 Å². The number of ether oxygens (including phenoxy) is 1. The molecule has 0 radical (unpaired) electrons. The van der Waals surface area contributed by atoms with Crippen LogP contribution in [0.2, 0.25) is 0 Å². The first-order valence-corrected chi connectivity index (χ1v) is 3.97. The molecule has 0 saturated heterocycles. The van der Waals surface area contributed by atoms with Crippen LogP contribution >= 0.6 is 0 Å². The van der Waals surface area contributed by atoms with Crippen LogP contribution in [-0.4, -0.2) is 6.61 Å². The lowest BCUT2D eigenvalue weighted by molar-refractivity contribution is 0.172. The molecule has 60 valence electrons. The van der Waals surface area contributed by atoms with E-state index in [0.29, 0.717) is 5.92 Å². The molecule has 0 aliphatic heterocycles. The van der Waals surface area contributed by atoms with E-state index in [9.17, 15) is 0 Å². The third-order valence-electron chi connectivity index (χ3n) is 1.15. The molecule has 0 aromatic carbocycles. The molecule has 0 unspecified atom stereocenters. The van der Waals surface area contributed by atoms with Gasteiger partial charge in [0.25, 0.3) is 0 Å². The van der Waals surface area contributed by atoms with Gasteiger partial charge in [-0.2, -0.15) is 0 Å². The SMILES string of the molecule is C=C(CCC)OCC(C)C. The molecule has 0 amide bonds. The molecule has 1 heteroatoms. The maximum absolute atomic E-state index is 5.35. The zero-order chi connectivity index (χ0) is 7.98. The number of hydrogen-bond acceptors (Lipinski definition) is 1. The third-order valence-corrected chi connectivity index (χ3v) is 1.15. The van der Waals surface area contributed by atoms with E-state index in [1.54, 1.807) is 0 Å². The standard InChI is InChI=1S/C9H18O/c1-5-6-9(4)10-7-8(2)3/h8H,4-7H2,1-3H3. The zero-order valence-electron chi connectivity index (χ0n) is 7.31. The van der Waals surface area contributed by atoms with E-state index < -0.39 is 0 Å². The molecule has 0 saturated carbocycles. The molecule has 0 spiro atoms. The second-order valence-electron chi connectivity index (χ2n) is 2.99. The van der Waals surface area contributed by atoms with Gasteiger partial charge >= 0.3 is 0 Å². The van der Waals surface area contributed by atoms with Gasteiger partial charge in [0.1, 0.15) is 0 Å². The highest BCUT2D eigenvalue weighted by molar-refractivity contribution is 4.81. The highest BCUT2D eigenvalue weighted by Gasteiger charge is 1.95. The van der Waals surface area contributed by atoms with Crippen molar-refractivity contribution in [2.75, 3.05) is 6.61 Å². The van der Waals surface area contributed by atoms with Crippen LogP contribution < -0.4 is 0 Å². The Balaban J connectivity index is 3.22. The van der Waals surface area contributed by atoms with Gasteiger partial charge in [-0.05, 0) is 12.3 Å². The summed E-state index contributed by atoms with van der Waals surface area (Å²) in [7, 11) is 0. The predicted molar refractivity (Wildman–Crippen MR) is 44.8 cm³/mol. The van der Waals surface area contributed by atoms with Crippen molar-refractivity contribution in [3.8, 4) is 0 Å². The van der Waals surface area contributed by atoms with Crippen LogP contribution in [0.3, 0.4) is 0 Å². The summed E-state index contributed by atoms with van der Waals surface area (Å²) < 4.78 is 5.35. The number of hydrogen-bond donors (Lipinski definition) is 0. The molecule has 1 nitrogen and oxygen atoms in total. The molecule has 0 aromatic heterocycles. The van der Waals surface area contributed by atoms with Gasteiger partial charge in [0.2, 0.25) is 0 Å². The monoisotopic (exact) mass is 142 g/mol. The van der Waals surface area contributed by atoms with Crippen molar-refractivity contribution in [1.82, 2.24) is 0 Å². The molecule has 0 atom stereocenters. The molecular weight excluding hydrogens is 124 g/mol. The Morgan fingerprint density at radius 1 is 1.50 bits per heavy atom. The Morgan fingerprint density at radius 3 is 2.50 bits per heavy atom. The minimum Gasteiger partial charge on any atom is -0.498 e. The Kier molecular flexibility index (Phi) is 5.09. The van der Waals surface area contributed by atoms with E-state index >= 15 is 0 Å². The van der Waals surface area contributed by atoms with Crippen LogP contribution in [0, 0.1) is 5.92 Å². The maximum atomic E-state index is 5.35. The van der Waals surface area contributed by atoms with Gasteiger partial charge in [-0.25, -0.2) is 0 Å². The van der Waals surface area contributed by atoms with Crippen molar-refractivity contribution in [3.63, 3.8) is 0 Å². The van der Waals surface area contributed by atoms with Crippen molar-refractivity contribution in [2.24, 2.45) is 5.92 Å². The predicted octanol–water partition coefficient (Wildman–Crippen LogP) is 2.97. The van der Waals surface area contributed by atoms with Crippen LogP contribution in [0.5, 0.6) is 0 Å². The van der Waals surface area contributed by atoms with Gasteiger partial charge in [-0.3, -0.25) is 0 Å². The van der Waals surface area contributed by atoms with E-state index in [-0.39, 0.29) is 0 Å². The average Bonchev–Trinajstić information content (AvgIpc) is 1.85. The van der Waals surface area contributed by atoms with E-state index in [1.165, 1.54) is 0 Å². The van der Waals surface area contributed by atoms with E-state index in [0.717, 1.165) is 25.2 Å². The second kappa shape index (κ2) is 5.33. The van der Waals surface area contributed by atoms with Crippen molar-refractivity contribution in [3.05, 3.63) is 12.3 Å². The Labute approximate surface area is 64.1 Å². The fourth-order valence-electron chi connectivity index (χ4n) is 0.636. The van der Waals surface area contributed by atoms with Crippen molar-refractivity contribution < 1.29 is 4.74 Å². The van der Waals surface area contributed by atoms with Crippen LogP contribution in [-0.2, 0) is 4.74 Å². The maximum Gasteiger partial charge on any atom is 0.0899 e. The summed E-state index contributed by atoms with van der Waals surface area (Å²) >= 11 is 0. The molecular formula is C9H18O. The van der Waals surface area contributed by atoms with Gasteiger partial charge in [-0.15, -0.1) is 0 Å². The highest BCUT2D eigenvalue weighted by Crippen LogP contribution is 2.05. The molecule has 0 fully saturated rings. The van der Waals surface area contributed by atoms with Crippen LogP contribution in [0.1, 0.15) is 33.6 Å². The minimum atomic E-state index is 0.605. The average molecular weight is 142 g/mol. The fraction of sp³-hybridized carbons (Fsp3) is 0.778. The van der Waals surface area contributed by atoms with Crippen LogP contribution in [0.15, 0.2) is 12.3 Å². The van der Waals surface area contributed by atoms with Gasteiger partial charge in [0.05, 0.1) is 12.4 Å². The molecule has 0 aliphatic rings. The highest BCUT2D eigenvalue weighted by atomic mass is 16.5. The van der Waals surface area contributed by atoms with Gasteiger partial charge in [0.15, 0.2) is 0 Å². The smallest absolute Gasteiger partial charge is 0.0899 e. The van der Waals surface area contributed by atoms with Gasteiger partial charge < -0.3 is 4.74 Å². The molecule has 0 rings (SSSR count). The molecule has 0 aromatic rings. The summed E-state index contributed by atoms with van der Waals surface area (Å²) in [4.78, 5) is 0. The third kappa shape index (κ3) is 5.67. The van der Waals surface area contributed by atoms with E-state index in [4.69, 9.17) is 4.74 Å². The number of allylic oxidation sites excluding steroid dienone is 1. The van der Waals surface area contributed by atoms with E-state index in [1.807, 2.05) is 0 Å². The fourth-order valence-corrected chi connectivity index (χ4v) is 0.636. The normalized spacial score (nSPS) is 10.0. The lowest BCUT2D eigenvalue weighted by Gasteiger charge is -2.09. The minimum absolute atomic E-state index is 0.605. The molecule has 0 heterocycles. The number of rotatable bonds is 5. The Morgan fingerprint density at radius 2 is 2.10 bits per heavy atom. The first kappa shape index (κ1) is 9.54. The Bertz CT molecular complexity index is 94.9. The lowest BCUT2D eigenvalue weighted by atomic mass is 10.2. The molecule has 0 bridgehead atoms. The summed E-state index contributed by atoms with van der Waals surface area (Å²) in [5, 5.41) is 0. The van der Waals surface area contributed by atoms with Crippen molar-refractivity contribution >= 4 is 0 Å². The molecule has 0 N–H and O–H groups in total. The van der Waals surface area contributed by atoms with Crippen molar-refractivity contribution in [2.45, 2.75) is 33.6 Å². The zero-order valence-corrected chi connectivity index (χ0v) is 7.31. The topological polar surface area (TPSA) is 9.23 Å². The van der Waals surface area contributed by atoms with Gasteiger partial charge in [-0.1, -0.05) is 27.4 Å². The summed E-state index contributed by atoms with van der Waals surface area (Å²) in [5.74, 6) is 1.53. The van der Waals surface area contributed by atoms with Crippen molar-refractivity contribution in [1.29, 1.82) is 0 Å². The quantitative estimate of drug-likeness (QED) is 0.536.